The molecule has 0 saturated heterocycles. The Kier molecular flexibility index (Phi) is 2.49. The molecular formula is C12H9N5S. The van der Waals surface area contributed by atoms with Gasteiger partial charge in [-0.05, 0) is 12.1 Å². The van der Waals surface area contributed by atoms with E-state index in [1.807, 2.05) is 24.3 Å². The molecule has 3 rings (SSSR count). The van der Waals surface area contributed by atoms with E-state index < -0.39 is 0 Å². The minimum absolute atomic E-state index is 0.245. The largest absolute Gasteiger partial charge is 0.388 e. The molecule has 0 aliphatic heterocycles. The van der Waals surface area contributed by atoms with Crippen LogP contribution in [0.25, 0.3) is 16.9 Å². The van der Waals surface area contributed by atoms with Crippen molar-refractivity contribution in [3.63, 3.8) is 0 Å². The predicted octanol–water partition coefficient (Wildman–Crippen LogP) is 1.45. The molecule has 2 heterocycles. The van der Waals surface area contributed by atoms with E-state index in [0.29, 0.717) is 11.6 Å². The number of para-hydroxylation sites is 1. The van der Waals surface area contributed by atoms with Crippen LogP contribution in [-0.2, 0) is 0 Å². The fraction of sp³-hybridized carbons (Fsp3) is 0. The first-order valence-corrected chi connectivity index (χ1v) is 5.72. The minimum Gasteiger partial charge on any atom is -0.388 e. The van der Waals surface area contributed by atoms with Crippen LogP contribution in [0.4, 0.5) is 0 Å². The highest BCUT2D eigenvalue weighted by atomic mass is 32.1. The maximum atomic E-state index is 5.56. The average molecular weight is 255 g/mol. The van der Waals surface area contributed by atoms with Crippen LogP contribution in [-0.4, -0.2) is 24.7 Å². The summed E-state index contributed by atoms with van der Waals surface area (Å²) in [5.41, 5.74) is 7.04. The van der Waals surface area contributed by atoms with Crippen LogP contribution < -0.4 is 5.73 Å². The first-order chi connectivity index (χ1) is 8.75. The molecule has 2 aromatic heterocycles. The van der Waals surface area contributed by atoms with Gasteiger partial charge in [-0.1, -0.05) is 30.4 Å². The Morgan fingerprint density at radius 3 is 2.89 bits per heavy atom. The summed E-state index contributed by atoms with van der Waals surface area (Å²) in [6.45, 7) is 0. The van der Waals surface area contributed by atoms with Crippen LogP contribution >= 0.6 is 12.2 Å². The number of thiocarbonyl (C=S) groups is 1. The third-order valence-corrected chi connectivity index (χ3v) is 2.77. The Labute approximate surface area is 108 Å². The second kappa shape index (κ2) is 4.15. The van der Waals surface area contributed by atoms with E-state index >= 15 is 0 Å². The van der Waals surface area contributed by atoms with Gasteiger partial charge >= 0.3 is 0 Å². The molecule has 5 nitrogen and oxygen atoms in total. The maximum absolute atomic E-state index is 5.56. The van der Waals surface area contributed by atoms with Gasteiger partial charge in [0.15, 0.2) is 0 Å². The second-order valence-corrected chi connectivity index (χ2v) is 4.16. The summed E-state index contributed by atoms with van der Waals surface area (Å²) in [5.74, 6) is 0.460. The molecule has 2 N–H and O–H groups in total. The van der Waals surface area contributed by atoms with Crippen molar-refractivity contribution in [2.45, 2.75) is 0 Å². The molecule has 0 unspecified atom stereocenters. The maximum Gasteiger partial charge on any atom is 0.251 e. The van der Waals surface area contributed by atoms with E-state index in [2.05, 4.69) is 15.1 Å². The van der Waals surface area contributed by atoms with E-state index in [-0.39, 0.29) is 4.99 Å². The van der Waals surface area contributed by atoms with E-state index in [9.17, 15) is 0 Å². The zero-order valence-electron chi connectivity index (χ0n) is 9.32. The van der Waals surface area contributed by atoms with Gasteiger partial charge in [-0.25, -0.2) is 9.97 Å². The molecule has 0 radical (unpaired) electrons. The number of nitrogens with two attached hydrogens (primary N) is 1. The van der Waals surface area contributed by atoms with Crippen LogP contribution in [0.5, 0.6) is 0 Å². The van der Waals surface area contributed by atoms with Crippen LogP contribution in [0.15, 0.2) is 42.7 Å². The summed E-state index contributed by atoms with van der Waals surface area (Å²) >= 11 is 4.90. The number of benzene rings is 1. The molecule has 0 saturated carbocycles. The summed E-state index contributed by atoms with van der Waals surface area (Å²) in [5, 5.41) is 5.30. The lowest BCUT2D eigenvalue weighted by molar-refractivity contribution is 0.831. The van der Waals surface area contributed by atoms with Gasteiger partial charge in [-0.3, -0.25) is 0 Å². The molecule has 0 aliphatic carbocycles. The SMILES string of the molecule is NC(=S)c1ccnc(-n2ncc3ccccc32)n1. The molecule has 0 amide bonds. The lowest BCUT2D eigenvalue weighted by Gasteiger charge is -2.03. The van der Waals surface area contributed by atoms with Crippen molar-refractivity contribution in [3.8, 4) is 5.95 Å². The monoisotopic (exact) mass is 255 g/mol. The molecule has 0 bridgehead atoms. The van der Waals surface area contributed by atoms with Crippen molar-refractivity contribution in [1.29, 1.82) is 0 Å². The number of aromatic nitrogens is 4. The van der Waals surface area contributed by atoms with E-state index in [4.69, 9.17) is 18.0 Å². The van der Waals surface area contributed by atoms with Gasteiger partial charge in [0.1, 0.15) is 10.7 Å². The Hall–Kier alpha value is -2.34. The highest BCUT2D eigenvalue weighted by molar-refractivity contribution is 7.80. The number of nitrogens with zero attached hydrogens (tertiary/aromatic N) is 4. The third kappa shape index (κ3) is 1.72. The summed E-state index contributed by atoms with van der Waals surface area (Å²) in [7, 11) is 0. The molecular weight excluding hydrogens is 246 g/mol. The Bertz CT molecular complexity index is 734. The molecule has 0 spiro atoms. The fourth-order valence-electron chi connectivity index (χ4n) is 1.72. The highest BCUT2D eigenvalue weighted by Gasteiger charge is 2.08. The van der Waals surface area contributed by atoms with Gasteiger partial charge in [0.2, 0.25) is 0 Å². The minimum atomic E-state index is 0.245. The van der Waals surface area contributed by atoms with Crippen molar-refractivity contribution >= 4 is 28.1 Å². The average Bonchev–Trinajstić information content (AvgIpc) is 2.82. The van der Waals surface area contributed by atoms with Crippen LogP contribution in [0.2, 0.25) is 0 Å². The van der Waals surface area contributed by atoms with Crippen molar-refractivity contribution in [2.24, 2.45) is 5.73 Å². The van der Waals surface area contributed by atoms with Gasteiger partial charge in [0, 0.05) is 11.6 Å². The molecule has 0 atom stereocenters. The molecule has 88 valence electrons. The van der Waals surface area contributed by atoms with E-state index in [1.165, 1.54) is 0 Å². The predicted molar refractivity (Wildman–Crippen MR) is 72.5 cm³/mol. The standard InChI is InChI=1S/C12H9N5S/c13-11(18)9-5-6-14-12(16-9)17-10-4-2-1-3-8(10)7-15-17/h1-7H,(H2,13,18). The van der Waals surface area contributed by atoms with Gasteiger partial charge < -0.3 is 5.73 Å². The Morgan fingerprint density at radius 1 is 1.22 bits per heavy atom. The lowest BCUT2D eigenvalue weighted by Crippen LogP contribution is -2.14. The summed E-state index contributed by atoms with van der Waals surface area (Å²) in [6, 6.07) is 9.52. The van der Waals surface area contributed by atoms with Crippen LogP contribution in [0, 0.1) is 0 Å². The normalized spacial score (nSPS) is 10.7. The van der Waals surface area contributed by atoms with Crippen molar-refractivity contribution in [3.05, 3.63) is 48.4 Å². The summed E-state index contributed by atoms with van der Waals surface area (Å²) in [4.78, 5) is 8.72. The number of rotatable bonds is 2. The highest BCUT2D eigenvalue weighted by Crippen LogP contribution is 2.15. The number of hydrogen-bond donors (Lipinski definition) is 1. The molecule has 0 fully saturated rings. The van der Waals surface area contributed by atoms with Crippen molar-refractivity contribution < 1.29 is 0 Å². The fourth-order valence-corrected chi connectivity index (χ4v) is 1.83. The van der Waals surface area contributed by atoms with Gasteiger partial charge in [0.25, 0.3) is 5.95 Å². The Morgan fingerprint density at radius 2 is 2.06 bits per heavy atom. The molecule has 1 aromatic carbocycles. The topological polar surface area (TPSA) is 69.6 Å². The zero-order chi connectivity index (χ0) is 12.5. The Balaban J connectivity index is 2.20. The van der Waals surface area contributed by atoms with E-state index in [1.54, 1.807) is 23.1 Å². The van der Waals surface area contributed by atoms with Crippen LogP contribution in [0.3, 0.4) is 0 Å². The summed E-state index contributed by atoms with van der Waals surface area (Å²) in [6.07, 6.45) is 3.39. The summed E-state index contributed by atoms with van der Waals surface area (Å²) < 4.78 is 1.66. The molecule has 18 heavy (non-hydrogen) atoms. The number of fused-ring (bicyclic) bond motifs is 1. The van der Waals surface area contributed by atoms with Crippen molar-refractivity contribution in [2.75, 3.05) is 0 Å². The van der Waals surface area contributed by atoms with Gasteiger partial charge in [0.05, 0.1) is 11.7 Å². The zero-order valence-corrected chi connectivity index (χ0v) is 10.1. The van der Waals surface area contributed by atoms with Crippen LogP contribution in [0.1, 0.15) is 5.69 Å². The number of hydrogen-bond acceptors (Lipinski definition) is 4. The smallest absolute Gasteiger partial charge is 0.251 e. The first-order valence-electron chi connectivity index (χ1n) is 5.32. The van der Waals surface area contributed by atoms with Gasteiger partial charge in [-0.15, -0.1) is 0 Å². The quantitative estimate of drug-likeness (QED) is 0.702. The lowest BCUT2D eigenvalue weighted by atomic mass is 10.3. The van der Waals surface area contributed by atoms with E-state index in [0.717, 1.165) is 10.9 Å². The first kappa shape index (κ1) is 10.8. The van der Waals surface area contributed by atoms with Gasteiger partial charge in [-0.2, -0.15) is 9.78 Å². The molecule has 3 aromatic rings. The third-order valence-electron chi connectivity index (χ3n) is 2.56. The second-order valence-electron chi connectivity index (χ2n) is 3.72. The molecule has 0 aliphatic rings. The van der Waals surface area contributed by atoms with Crippen molar-refractivity contribution in [1.82, 2.24) is 19.7 Å². The molecule has 6 heteroatoms.